The molecule has 0 radical (unpaired) electrons. The fourth-order valence-corrected chi connectivity index (χ4v) is 4.43. The van der Waals surface area contributed by atoms with Gasteiger partial charge in [-0.05, 0) is 37.3 Å². The van der Waals surface area contributed by atoms with Crippen molar-refractivity contribution < 1.29 is 13.9 Å². The van der Waals surface area contributed by atoms with E-state index in [-0.39, 0.29) is 29.1 Å². The Balaban J connectivity index is 1.90. The van der Waals surface area contributed by atoms with Crippen LogP contribution in [0.15, 0.2) is 60.0 Å². The number of halogens is 1. The Morgan fingerprint density at radius 2 is 2.00 bits per heavy atom. The van der Waals surface area contributed by atoms with Gasteiger partial charge in [-0.1, -0.05) is 18.2 Å². The number of benzene rings is 2. The first kappa shape index (κ1) is 17.9. The Kier molecular flexibility index (Phi) is 3.70. The highest BCUT2D eigenvalue weighted by Gasteiger charge is 2.60. The zero-order valence-corrected chi connectivity index (χ0v) is 15.9. The monoisotopic (exact) mass is 401 g/mol. The van der Waals surface area contributed by atoms with E-state index in [4.69, 9.17) is 10.5 Å². The molecule has 2 aromatic carbocycles. The second kappa shape index (κ2) is 6.19. The summed E-state index contributed by atoms with van der Waals surface area (Å²) in [5.41, 5.74) is 7.39. The average Bonchev–Trinajstić information content (AvgIpc) is 3.27. The summed E-state index contributed by atoms with van der Waals surface area (Å²) >= 11 is 0. The Bertz CT molecular complexity index is 1270. The molecule has 2 aliphatic heterocycles. The fourth-order valence-electron chi connectivity index (χ4n) is 4.43. The number of carbonyl (C=O) groups excluding carboxylic acids is 1. The van der Waals surface area contributed by atoms with Crippen molar-refractivity contribution in [3.63, 3.8) is 0 Å². The van der Waals surface area contributed by atoms with Gasteiger partial charge >= 0.3 is 0 Å². The summed E-state index contributed by atoms with van der Waals surface area (Å²) in [5, 5.41) is 17.1. The molecule has 0 saturated carbocycles. The molecule has 5 rings (SSSR count). The largest absolute Gasteiger partial charge is 0.420 e. The van der Waals surface area contributed by atoms with Crippen LogP contribution in [-0.4, -0.2) is 22.6 Å². The molecule has 0 fully saturated rings. The summed E-state index contributed by atoms with van der Waals surface area (Å²) < 4.78 is 19.1. The van der Waals surface area contributed by atoms with Gasteiger partial charge < -0.3 is 15.4 Å². The predicted octanol–water partition coefficient (Wildman–Crippen LogP) is 2.95. The standard InChI is InChI=1S/C22H16FN5O2/c1-2-28-16-6-4-3-5-14(16)22(21(28)29)15(11-24)19(25)30-20-17(22)18(26-27-20)12-7-9-13(23)10-8-12/h3-10H,2,25H2,1H3,(H,26,27)/t22-/m0/s1. The molecule has 3 aromatic rings. The van der Waals surface area contributed by atoms with Gasteiger partial charge in [0.25, 0.3) is 0 Å². The predicted molar refractivity (Wildman–Crippen MR) is 107 cm³/mol. The van der Waals surface area contributed by atoms with E-state index >= 15 is 0 Å². The molecule has 8 heteroatoms. The number of rotatable bonds is 2. The minimum Gasteiger partial charge on any atom is -0.420 e. The lowest BCUT2D eigenvalue weighted by Crippen LogP contribution is -2.45. The molecule has 1 amide bonds. The van der Waals surface area contributed by atoms with Gasteiger partial charge in [0.2, 0.25) is 17.7 Å². The third-order valence-electron chi connectivity index (χ3n) is 5.66. The van der Waals surface area contributed by atoms with Crippen LogP contribution in [0.2, 0.25) is 0 Å². The maximum absolute atomic E-state index is 13.9. The third-order valence-corrected chi connectivity index (χ3v) is 5.66. The summed E-state index contributed by atoms with van der Waals surface area (Å²) in [4.78, 5) is 15.5. The van der Waals surface area contributed by atoms with E-state index in [2.05, 4.69) is 16.3 Å². The summed E-state index contributed by atoms with van der Waals surface area (Å²) in [5.74, 6) is -0.741. The summed E-state index contributed by atoms with van der Waals surface area (Å²) in [6.07, 6.45) is 0. The van der Waals surface area contributed by atoms with E-state index in [0.717, 1.165) is 0 Å². The van der Waals surface area contributed by atoms with Crippen molar-refractivity contribution in [3.05, 3.63) is 76.9 Å². The number of hydrogen-bond acceptors (Lipinski definition) is 5. The summed E-state index contributed by atoms with van der Waals surface area (Å²) in [6.45, 7) is 2.28. The van der Waals surface area contributed by atoms with Gasteiger partial charge in [-0.2, -0.15) is 5.26 Å². The van der Waals surface area contributed by atoms with Crippen molar-refractivity contribution in [3.8, 4) is 23.2 Å². The lowest BCUT2D eigenvalue weighted by Gasteiger charge is -2.32. The van der Waals surface area contributed by atoms with E-state index < -0.39 is 5.41 Å². The minimum atomic E-state index is -1.50. The lowest BCUT2D eigenvalue weighted by molar-refractivity contribution is -0.120. The maximum Gasteiger partial charge on any atom is 0.247 e. The highest BCUT2D eigenvalue weighted by atomic mass is 19.1. The van der Waals surface area contributed by atoms with Crippen molar-refractivity contribution in [1.82, 2.24) is 10.2 Å². The number of anilines is 1. The van der Waals surface area contributed by atoms with E-state index in [1.807, 2.05) is 31.2 Å². The summed E-state index contributed by atoms with van der Waals surface area (Å²) in [7, 11) is 0. The molecule has 0 unspecified atom stereocenters. The molecule has 0 saturated heterocycles. The molecule has 3 heterocycles. The fraction of sp³-hybridized carbons (Fsp3) is 0.136. The first-order valence-corrected chi connectivity index (χ1v) is 9.38. The van der Waals surface area contributed by atoms with Gasteiger partial charge in [0, 0.05) is 23.4 Å². The number of para-hydroxylation sites is 1. The smallest absolute Gasteiger partial charge is 0.247 e. The first-order chi connectivity index (χ1) is 14.5. The van der Waals surface area contributed by atoms with Gasteiger partial charge in [0.15, 0.2) is 0 Å². The molecule has 30 heavy (non-hydrogen) atoms. The van der Waals surface area contributed by atoms with Gasteiger partial charge in [-0.15, -0.1) is 5.10 Å². The van der Waals surface area contributed by atoms with Crippen LogP contribution >= 0.6 is 0 Å². The van der Waals surface area contributed by atoms with Crippen LogP contribution < -0.4 is 15.4 Å². The Labute approximate surface area is 171 Å². The number of fused-ring (bicyclic) bond motifs is 4. The first-order valence-electron chi connectivity index (χ1n) is 9.38. The number of nitriles is 1. The van der Waals surface area contributed by atoms with Gasteiger partial charge in [0.1, 0.15) is 22.9 Å². The quantitative estimate of drug-likeness (QED) is 0.686. The molecule has 0 bridgehead atoms. The van der Waals surface area contributed by atoms with Crippen LogP contribution in [0.4, 0.5) is 10.1 Å². The number of H-pyrrole nitrogens is 1. The molecule has 1 atom stereocenters. The highest BCUT2D eigenvalue weighted by molar-refractivity contribution is 6.15. The molecule has 2 aliphatic rings. The molecule has 3 N–H and O–H groups in total. The number of nitrogens with one attached hydrogen (secondary N) is 1. The normalized spacial score (nSPS) is 19.5. The van der Waals surface area contributed by atoms with Crippen LogP contribution in [-0.2, 0) is 10.2 Å². The van der Waals surface area contributed by atoms with Crippen molar-refractivity contribution in [2.75, 3.05) is 11.4 Å². The molecule has 1 spiro atoms. The van der Waals surface area contributed by atoms with Crippen molar-refractivity contribution in [2.45, 2.75) is 12.3 Å². The van der Waals surface area contributed by atoms with Crippen LogP contribution in [0.3, 0.4) is 0 Å². The zero-order chi connectivity index (χ0) is 21.0. The number of hydrogen-bond donors (Lipinski definition) is 2. The Hall–Kier alpha value is -4.12. The van der Waals surface area contributed by atoms with Crippen molar-refractivity contribution >= 4 is 11.6 Å². The number of amides is 1. The average molecular weight is 401 g/mol. The molecular formula is C22H16FN5O2. The molecule has 148 valence electrons. The topological polar surface area (TPSA) is 108 Å². The number of nitrogens with two attached hydrogens (primary N) is 1. The number of ether oxygens (including phenoxy) is 1. The van der Waals surface area contributed by atoms with Crippen LogP contribution in [0.1, 0.15) is 18.1 Å². The van der Waals surface area contributed by atoms with Crippen molar-refractivity contribution in [1.29, 1.82) is 5.26 Å². The number of nitrogens with zero attached hydrogens (tertiary/aromatic N) is 3. The van der Waals surface area contributed by atoms with E-state index in [1.165, 1.54) is 12.1 Å². The highest BCUT2D eigenvalue weighted by Crippen LogP contribution is 2.56. The van der Waals surface area contributed by atoms with Gasteiger partial charge in [0.05, 0.1) is 11.3 Å². The molecule has 7 nitrogen and oxygen atoms in total. The van der Waals surface area contributed by atoms with Gasteiger partial charge in [-0.25, -0.2) is 4.39 Å². The second-order valence-electron chi connectivity index (χ2n) is 7.06. The Morgan fingerprint density at radius 1 is 1.27 bits per heavy atom. The number of aromatic nitrogens is 2. The number of aromatic amines is 1. The van der Waals surface area contributed by atoms with E-state index in [1.54, 1.807) is 17.0 Å². The maximum atomic E-state index is 13.9. The minimum absolute atomic E-state index is 0.00756. The van der Waals surface area contributed by atoms with E-state index in [9.17, 15) is 14.4 Å². The number of likely N-dealkylation sites (N-methyl/N-ethyl adjacent to an activating group) is 1. The zero-order valence-electron chi connectivity index (χ0n) is 15.9. The molecule has 0 aliphatic carbocycles. The summed E-state index contributed by atoms with van der Waals surface area (Å²) in [6, 6.07) is 15.2. The second-order valence-corrected chi connectivity index (χ2v) is 7.06. The third kappa shape index (κ3) is 2.06. The van der Waals surface area contributed by atoms with Crippen LogP contribution in [0.25, 0.3) is 11.3 Å². The lowest BCUT2D eigenvalue weighted by atomic mass is 9.68. The SMILES string of the molecule is CCN1C(=O)[C@]2(C(C#N)=C(N)Oc3n[nH]c(-c4ccc(F)cc4)c32)c2ccccc21. The van der Waals surface area contributed by atoms with E-state index in [0.29, 0.717) is 34.6 Å². The molecule has 1 aromatic heterocycles. The van der Waals surface area contributed by atoms with Gasteiger partial charge in [-0.3, -0.25) is 9.89 Å². The van der Waals surface area contributed by atoms with Crippen molar-refractivity contribution in [2.24, 2.45) is 5.73 Å². The molecular weight excluding hydrogens is 385 g/mol. The van der Waals surface area contributed by atoms with Crippen LogP contribution in [0.5, 0.6) is 5.88 Å². The van der Waals surface area contributed by atoms with Crippen LogP contribution in [0, 0.1) is 17.1 Å². The number of carbonyl (C=O) groups is 1. The Morgan fingerprint density at radius 3 is 2.70 bits per heavy atom.